The smallest absolute Gasteiger partial charge is 0.317 e. The lowest BCUT2D eigenvalue weighted by Gasteiger charge is -2.35. The highest BCUT2D eigenvalue weighted by Gasteiger charge is 2.26. The molecule has 100 valence electrons. The van der Waals surface area contributed by atoms with Crippen LogP contribution in [-0.4, -0.2) is 60.5 Å². The van der Waals surface area contributed by atoms with Gasteiger partial charge in [0.05, 0.1) is 6.04 Å². The quantitative estimate of drug-likeness (QED) is 0.646. The van der Waals surface area contributed by atoms with Crippen LogP contribution in [0, 0.1) is 12.3 Å². The van der Waals surface area contributed by atoms with E-state index in [-0.39, 0.29) is 18.4 Å². The Labute approximate surface area is 107 Å². The van der Waals surface area contributed by atoms with Crippen LogP contribution in [0.15, 0.2) is 0 Å². The van der Waals surface area contributed by atoms with Gasteiger partial charge in [0.15, 0.2) is 0 Å². The molecule has 3 N–H and O–H groups in total. The number of nitrogens with one attached hydrogen (secondary N) is 1. The van der Waals surface area contributed by atoms with E-state index in [1.165, 1.54) is 0 Å². The van der Waals surface area contributed by atoms with E-state index in [0.717, 1.165) is 0 Å². The predicted molar refractivity (Wildman–Crippen MR) is 68.7 cm³/mol. The number of carbonyl (C=O) groups excluding carboxylic acids is 2. The van der Waals surface area contributed by atoms with Crippen molar-refractivity contribution in [3.05, 3.63) is 0 Å². The van der Waals surface area contributed by atoms with Gasteiger partial charge in [-0.25, -0.2) is 4.79 Å². The number of nitrogens with two attached hydrogens (primary N) is 1. The Morgan fingerprint density at radius 3 is 2.39 bits per heavy atom. The zero-order chi connectivity index (χ0) is 13.5. The van der Waals surface area contributed by atoms with E-state index < -0.39 is 6.04 Å². The number of urea groups is 1. The van der Waals surface area contributed by atoms with Gasteiger partial charge in [-0.3, -0.25) is 4.79 Å². The average Bonchev–Trinajstić information content (AvgIpc) is 2.38. The molecule has 0 aromatic carbocycles. The summed E-state index contributed by atoms with van der Waals surface area (Å²) in [5, 5.41) is 2.73. The standard InChI is InChI=1S/C12H20N4O2/c1-3-5-10(13)11(17)15-6-8-16(9-7-15)12(18)14-4-2/h1,10H,4-9,13H2,2H3,(H,14,18). The Morgan fingerprint density at radius 1 is 1.33 bits per heavy atom. The molecule has 1 saturated heterocycles. The fraction of sp³-hybridized carbons (Fsp3) is 0.667. The minimum atomic E-state index is -0.633. The molecule has 0 saturated carbocycles. The van der Waals surface area contributed by atoms with Gasteiger partial charge in [0.25, 0.3) is 0 Å². The van der Waals surface area contributed by atoms with Crippen molar-refractivity contribution >= 4 is 11.9 Å². The second-order valence-corrected chi connectivity index (χ2v) is 4.16. The molecule has 1 unspecified atom stereocenters. The molecule has 0 radical (unpaired) electrons. The van der Waals surface area contributed by atoms with Gasteiger partial charge in [-0.05, 0) is 6.92 Å². The van der Waals surface area contributed by atoms with E-state index in [9.17, 15) is 9.59 Å². The van der Waals surface area contributed by atoms with Gasteiger partial charge in [0.1, 0.15) is 0 Å². The molecule has 18 heavy (non-hydrogen) atoms. The van der Waals surface area contributed by atoms with Crippen molar-refractivity contribution < 1.29 is 9.59 Å². The van der Waals surface area contributed by atoms with Crippen LogP contribution < -0.4 is 11.1 Å². The number of rotatable bonds is 3. The maximum atomic E-state index is 11.9. The first-order valence-corrected chi connectivity index (χ1v) is 6.10. The van der Waals surface area contributed by atoms with Crippen LogP contribution in [0.2, 0.25) is 0 Å². The summed E-state index contributed by atoms with van der Waals surface area (Å²) in [6.45, 7) is 4.55. The maximum Gasteiger partial charge on any atom is 0.317 e. The van der Waals surface area contributed by atoms with Gasteiger partial charge < -0.3 is 20.9 Å². The molecule has 1 heterocycles. The molecule has 1 fully saturated rings. The van der Waals surface area contributed by atoms with Crippen LogP contribution >= 0.6 is 0 Å². The van der Waals surface area contributed by atoms with Gasteiger partial charge in [-0.2, -0.15) is 0 Å². The molecule has 6 heteroatoms. The molecule has 6 nitrogen and oxygen atoms in total. The largest absolute Gasteiger partial charge is 0.338 e. The average molecular weight is 252 g/mol. The molecule has 3 amide bonds. The summed E-state index contributed by atoms with van der Waals surface area (Å²) in [4.78, 5) is 26.8. The molecule has 0 aromatic heterocycles. The fourth-order valence-corrected chi connectivity index (χ4v) is 1.84. The van der Waals surface area contributed by atoms with Crippen molar-refractivity contribution in [2.75, 3.05) is 32.7 Å². The first-order chi connectivity index (χ1) is 8.60. The molecule has 0 aliphatic carbocycles. The summed E-state index contributed by atoms with van der Waals surface area (Å²) in [6, 6.07) is -0.719. The first-order valence-electron chi connectivity index (χ1n) is 6.10. The highest BCUT2D eigenvalue weighted by Crippen LogP contribution is 2.05. The molecule has 0 aromatic rings. The van der Waals surface area contributed by atoms with Crippen molar-refractivity contribution in [2.24, 2.45) is 5.73 Å². The van der Waals surface area contributed by atoms with Crippen LogP contribution in [0.3, 0.4) is 0 Å². The monoisotopic (exact) mass is 252 g/mol. The second-order valence-electron chi connectivity index (χ2n) is 4.16. The number of hydrogen-bond acceptors (Lipinski definition) is 3. The zero-order valence-corrected chi connectivity index (χ0v) is 10.7. The maximum absolute atomic E-state index is 11.9. The summed E-state index contributed by atoms with van der Waals surface area (Å²) in [5.74, 6) is 2.25. The van der Waals surface area contributed by atoms with Gasteiger partial charge in [0, 0.05) is 39.1 Å². The summed E-state index contributed by atoms with van der Waals surface area (Å²) >= 11 is 0. The van der Waals surface area contributed by atoms with Crippen molar-refractivity contribution in [1.82, 2.24) is 15.1 Å². The Morgan fingerprint density at radius 2 is 1.89 bits per heavy atom. The van der Waals surface area contributed by atoms with Crippen molar-refractivity contribution in [3.63, 3.8) is 0 Å². The molecule has 1 aliphatic rings. The SMILES string of the molecule is C#CCC(N)C(=O)N1CCN(C(=O)NCC)CC1. The van der Waals surface area contributed by atoms with Crippen LogP contribution in [0.25, 0.3) is 0 Å². The van der Waals surface area contributed by atoms with Gasteiger partial charge in [0.2, 0.25) is 5.91 Å². The first kappa shape index (κ1) is 14.3. The normalized spacial score (nSPS) is 16.9. The van der Waals surface area contributed by atoms with E-state index in [4.69, 9.17) is 12.2 Å². The lowest BCUT2D eigenvalue weighted by atomic mass is 10.2. The summed E-state index contributed by atoms with van der Waals surface area (Å²) in [6.07, 6.45) is 5.38. The number of terminal acetylenes is 1. The Hall–Kier alpha value is -1.74. The third kappa shape index (κ3) is 3.64. The van der Waals surface area contributed by atoms with Crippen LogP contribution in [0.4, 0.5) is 4.79 Å². The number of nitrogens with zero attached hydrogens (tertiary/aromatic N) is 2. The third-order valence-electron chi connectivity index (χ3n) is 2.86. The summed E-state index contributed by atoms with van der Waals surface area (Å²) < 4.78 is 0. The Bertz CT molecular complexity index is 342. The van der Waals surface area contributed by atoms with E-state index in [0.29, 0.717) is 32.7 Å². The van der Waals surface area contributed by atoms with E-state index in [2.05, 4.69) is 11.2 Å². The number of amides is 3. The van der Waals surface area contributed by atoms with E-state index in [1.807, 2.05) is 6.92 Å². The molecule has 0 spiro atoms. The Balaban J connectivity index is 2.42. The zero-order valence-electron chi connectivity index (χ0n) is 10.7. The predicted octanol–water partition coefficient (Wildman–Crippen LogP) is -0.789. The van der Waals surface area contributed by atoms with Crippen LogP contribution in [-0.2, 0) is 4.79 Å². The molecular formula is C12H20N4O2. The van der Waals surface area contributed by atoms with Gasteiger partial charge >= 0.3 is 6.03 Å². The number of piperazine rings is 1. The van der Waals surface area contributed by atoms with Crippen molar-refractivity contribution in [3.8, 4) is 12.3 Å². The van der Waals surface area contributed by atoms with Crippen molar-refractivity contribution in [1.29, 1.82) is 0 Å². The lowest BCUT2D eigenvalue weighted by Crippen LogP contribution is -2.55. The molecule has 1 rings (SSSR count). The third-order valence-corrected chi connectivity index (χ3v) is 2.86. The van der Waals surface area contributed by atoms with Gasteiger partial charge in [-0.15, -0.1) is 12.3 Å². The number of carbonyl (C=O) groups is 2. The molecule has 1 atom stereocenters. The summed E-state index contributed by atoms with van der Waals surface area (Å²) in [5.41, 5.74) is 5.67. The molecule has 0 bridgehead atoms. The summed E-state index contributed by atoms with van der Waals surface area (Å²) in [7, 11) is 0. The molecule has 1 aliphatic heterocycles. The van der Waals surface area contributed by atoms with E-state index in [1.54, 1.807) is 9.80 Å². The van der Waals surface area contributed by atoms with Crippen molar-refractivity contribution in [2.45, 2.75) is 19.4 Å². The second kappa shape index (κ2) is 6.87. The minimum absolute atomic E-state index is 0.0856. The number of hydrogen-bond donors (Lipinski definition) is 2. The van der Waals surface area contributed by atoms with Crippen LogP contribution in [0.5, 0.6) is 0 Å². The van der Waals surface area contributed by atoms with Crippen LogP contribution in [0.1, 0.15) is 13.3 Å². The fourth-order valence-electron chi connectivity index (χ4n) is 1.84. The topological polar surface area (TPSA) is 78.7 Å². The van der Waals surface area contributed by atoms with E-state index >= 15 is 0 Å². The minimum Gasteiger partial charge on any atom is -0.338 e. The van der Waals surface area contributed by atoms with Gasteiger partial charge in [-0.1, -0.05) is 0 Å². The lowest BCUT2D eigenvalue weighted by molar-refractivity contribution is -0.133. The highest BCUT2D eigenvalue weighted by atomic mass is 16.2. The molecular weight excluding hydrogens is 232 g/mol. The highest BCUT2D eigenvalue weighted by molar-refractivity contribution is 5.82. The Kier molecular flexibility index (Phi) is 5.46.